The largest absolute Gasteiger partial charge is 0.480 e. The van der Waals surface area contributed by atoms with Crippen molar-refractivity contribution in [3.63, 3.8) is 0 Å². The smallest absolute Gasteiger partial charge is 0.326 e. The van der Waals surface area contributed by atoms with E-state index in [4.69, 9.17) is 16.9 Å². The van der Waals surface area contributed by atoms with Crippen LogP contribution in [-0.2, 0) is 14.4 Å². The Kier molecular flexibility index (Phi) is 11.8. The van der Waals surface area contributed by atoms with Crippen LogP contribution in [0.25, 0.3) is 0 Å². The van der Waals surface area contributed by atoms with Gasteiger partial charge in [0, 0.05) is 6.54 Å². The van der Waals surface area contributed by atoms with Gasteiger partial charge in [0.2, 0.25) is 11.8 Å². The summed E-state index contributed by atoms with van der Waals surface area (Å²) < 4.78 is 0. The summed E-state index contributed by atoms with van der Waals surface area (Å²) >= 11 is 0. The first kappa shape index (κ1) is 25.6. The molecule has 0 aliphatic rings. The van der Waals surface area contributed by atoms with Crippen LogP contribution in [0.1, 0.15) is 53.4 Å². The Hall–Kier alpha value is -2.36. The molecule has 0 aliphatic heterocycles. The normalized spacial score (nSPS) is 15.2. The first-order chi connectivity index (χ1) is 13.0. The average molecular weight is 401 g/mol. The maximum Gasteiger partial charge on any atom is 0.326 e. The third-order valence-electron chi connectivity index (χ3n) is 4.45. The van der Waals surface area contributed by atoms with Gasteiger partial charge in [-0.05, 0) is 31.1 Å². The fourth-order valence-corrected chi connectivity index (χ4v) is 2.63. The number of guanidine groups is 1. The highest BCUT2D eigenvalue weighted by Gasteiger charge is 2.30. The molecule has 0 saturated carbocycles. The van der Waals surface area contributed by atoms with Crippen molar-refractivity contribution in [3.8, 4) is 0 Å². The maximum atomic E-state index is 12.7. The van der Waals surface area contributed by atoms with Gasteiger partial charge < -0.3 is 32.5 Å². The highest BCUT2D eigenvalue weighted by Crippen LogP contribution is 2.11. The van der Waals surface area contributed by atoms with Crippen LogP contribution in [0.2, 0.25) is 0 Å². The van der Waals surface area contributed by atoms with E-state index in [1.54, 1.807) is 0 Å². The van der Waals surface area contributed by atoms with Crippen molar-refractivity contribution in [2.75, 3.05) is 6.54 Å². The topological polar surface area (TPSA) is 183 Å². The molecule has 0 unspecified atom stereocenters. The van der Waals surface area contributed by atoms with E-state index < -0.39 is 35.9 Å². The molecule has 4 atom stereocenters. The summed E-state index contributed by atoms with van der Waals surface area (Å²) in [4.78, 5) is 36.5. The molecule has 10 heteroatoms. The van der Waals surface area contributed by atoms with E-state index in [-0.39, 0.29) is 24.2 Å². The molecule has 0 saturated heterocycles. The summed E-state index contributed by atoms with van der Waals surface area (Å²) in [5.41, 5.74) is 11.1. The van der Waals surface area contributed by atoms with Crippen LogP contribution >= 0.6 is 0 Å². The van der Waals surface area contributed by atoms with Gasteiger partial charge in [0.1, 0.15) is 12.1 Å². The molecule has 0 radical (unpaired) electrons. The van der Waals surface area contributed by atoms with Crippen molar-refractivity contribution in [1.82, 2.24) is 16.0 Å². The van der Waals surface area contributed by atoms with E-state index in [1.165, 1.54) is 0 Å². The Balaban J connectivity index is 4.98. The predicted molar refractivity (Wildman–Crippen MR) is 108 cm³/mol. The SMILES string of the molecule is CC[C@H](C)[C@H](NC(=O)[C@@H](N)CC(C)C)C(=O)N[C@@H](CCCNC(=N)N)C(=O)O. The monoisotopic (exact) mass is 400 g/mol. The lowest BCUT2D eigenvalue weighted by Crippen LogP contribution is -2.56. The molecule has 0 aromatic rings. The number of carbonyl (C=O) groups is 3. The maximum absolute atomic E-state index is 12.7. The van der Waals surface area contributed by atoms with Gasteiger partial charge in [0.25, 0.3) is 0 Å². The highest BCUT2D eigenvalue weighted by molar-refractivity contribution is 5.91. The van der Waals surface area contributed by atoms with Gasteiger partial charge in [-0.3, -0.25) is 15.0 Å². The minimum absolute atomic E-state index is 0.162. The van der Waals surface area contributed by atoms with Crippen LogP contribution in [0.5, 0.6) is 0 Å². The molecule has 162 valence electrons. The Morgan fingerprint density at radius 2 is 1.71 bits per heavy atom. The van der Waals surface area contributed by atoms with Gasteiger partial charge in [-0.25, -0.2) is 4.79 Å². The third-order valence-corrected chi connectivity index (χ3v) is 4.45. The zero-order chi connectivity index (χ0) is 21.9. The molecule has 0 heterocycles. The average Bonchev–Trinajstić information content (AvgIpc) is 2.59. The van der Waals surface area contributed by atoms with Crippen molar-refractivity contribution < 1.29 is 19.5 Å². The molecular formula is C18H36N6O4. The molecule has 0 aromatic carbocycles. The second kappa shape index (κ2) is 12.9. The Labute approximate surface area is 166 Å². The summed E-state index contributed by atoms with van der Waals surface area (Å²) in [6.45, 7) is 7.91. The zero-order valence-electron chi connectivity index (χ0n) is 17.2. The Bertz CT molecular complexity index is 540. The second-order valence-electron chi connectivity index (χ2n) is 7.49. The third kappa shape index (κ3) is 10.1. The van der Waals surface area contributed by atoms with E-state index in [1.807, 2.05) is 27.7 Å². The summed E-state index contributed by atoms with van der Waals surface area (Å²) in [5, 5.41) is 24.2. The van der Waals surface area contributed by atoms with Crippen LogP contribution in [0.3, 0.4) is 0 Å². The summed E-state index contributed by atoms with van der Waals surface area (Å²) in [6.07, 6.45) is 1.67. The molecular weight excluding hydrogens is 364 g/mol. The number of carboxylic acid groups (broad SMARTS) is 1. The van der Waals surface area contributed by atoms with Crippen LogP contribution in [0.4, 0.5) is 0 Å². The van der Waals surface area contributed by atoms with Gasteiger partial charge in [-0.2, -0.15) is 0 Å². The fraction of sp³-hybridized carbons (Fsp3) is 0.778. The number of hydrogen-bond donors (Lipinski definition) is 7. The summed E-state index contributed by atoms with van der Waals surface area (Å²) in [6, 6.07) is -2.70. The molecule has 0 rings (SSSR count). The first-order valence-electron chi connectivity index (χ1n) is 9.66. The summed E-state index contributed by atoms with van der Waals surface area (Å²) in [7, 11) is 0. The van der Waals surface area contributed by atoms with Gasteiger partial charge in [-0.1, -0.05) is 34.1 Å². The van der Waals surface area contributed by atoms with Gasteiger partial charge in [-0.15, -0.1) is 0 Å². The molecule has 2 amide bonds. The molecule has 28 heavy (non-hydrogen) atoms. The Morgan fingerprint density at radius 1 is 1.11 bits per heavy atom. The number of hydrogen-bond acceptors (Lipinski definition) is 5. The van der Waals surface area contributed by atoms with Crippen molar-refractivity contribution >= 4 is 23.7 Å². The van der Waals surface area contributed by atoms with E-state index in [2.05, 4.69) is 16.0 Å². The Morgan fingerprint density at radius 3 is 2.18 bits per heavy atom. The number of rotatable bonds is 13. The standard InChI is InChI=1S/C18H36N6O4/c1-5-11(4)14(24-15(25)12(19)9-10(2)3)16(26)23-13(17(27)28)7-6-8-22-18(20)21/h10-14H,5-9,19H2,1-4H3,(H,23,26)(H,24,25)(H,27,28)(H4,20,21,22)/t11-,12-,13-,14-/m0/s1. The fourth-order valence-electron chi connectivity index (χ4n) is 2.63. The van der Waals surface area contributed by atoms with E-state index in [0.717, 1.165) is 0 Å². The van der Waals surface area contributed by atoms with E-state index in [9.17, 15) is 19.5 Å². The van der Waals surface area contributed by atoms with Crippen molar-refractivity contribution in [1.29, 1.82) is 5.41 Å². The molecule has 9 N–H and O–H groups in total. The van der Waals surface area contributed by atoms with Crippen LogP contribution in [0.15, 0.2) is 0 Å². The van der Waals surface area contributed by atoms with E-state index in [0.29, 0.717) is 25.8 Å². The number of nitrogens with one attached hydrogen (secondary N) is 4. The van der Waals surface area contributed by atoms with Gasteiger partial charge in [0.05, 0.1) is 6.04 Å². The number of carboxylic acids is 1. The molecule has 0 bridgehead atoms. The first-order valence-corrected chi connectivity index (χ1v) is 9.66. The lowest BCUT2D eigenvalue weighted by molar-refractivity contribution is -0.142. The van der Waals surface area contributed by atoms with Crippen LogP contribution in [0, 0.1) is 17.2 Å². The lowest BCUT2D eigenvalue weighted by Gasteiger charge is -2.27. The van der Waals surface area contributed by atoms with Crippen molar-refractivity contribution in [3.05, 3.63) is 0 Å². The van der Waals surface area contributed by atoms with Gasteiger partial charge in [0.15, 0.2) is 5.96 Å². The molecule has 0 aliphatic carbocycles. The van der Waals surface area contributed by atoms with Crippen molar-refractivity contribution in [2.45, 2.75) is 71.5 Å². The molecule has 0 spiro atoms. The highest BCUT2D eigenvalue weighted by atomic mass is 16.4. The lowest BCUT2D eigenvalue weighted by atomic mass is 9.96. The summed E-state index contributed by atoms with van der Waals surface area (Å²) in [5.74, 6) is -2.30. The quantitative estimate of drug-likeness (QED) is 0.126. The number of amides is 2. The molecule has 0 aromatic heterocycles. The number of carbonyl (C=O) groups excluding carboxylic acids is 2. The number of nitrogens with two attached hydrogens (primary N) is 2. The predicted octanol–water partition coefficient (Wildman–Crippen LogP) is -0.277. The molecule has 10 nitrogen and oxygen atoms in total. The van der Waals surface area contributed by atoms with Gasteiger partial charge >= 0.3 is 5.97 Å². The van der Waals surface area contributed by atoms with E-state index >= 15 is 0 Å². The minimum Gasteiger partial charge on any atom is -0.480 e. The van der Waals surface area contributed by atoms with Crippen LogP contribution in [-0.4, -0.2) is 53.5 Å². The number of aliphatic carboxylic acids is 1. The van der Waals surface area contributed by atoms with Crippen molar-refractivity contribution in [2.24, 2.45) is 23.3 Å². The minimum atomic E-state index is -1.16. The zero-order valence-corrected chi connectivity index (χ0v) is 17.2. The van der Waals surface area contributed by atoms with Crippen LogP contribution < -0.4 is 27.4 Å². The molecule has 0 fully saturated rings. The second-order valence-corrected chi connectivity index (χ2v) is 7.49.